The van der Waals surface area contributed by atoms with Gasteiger partial charge in [-0.05, 0) is 111 Å². The Labute approximate surface area is 295 Å². The highest BCUT2D eigenvalue weighted by molar-refractivity contribution is 5.89. The van der Waals surface area contributed by atoms with Gasteiger partial charge in [-0.3, -0.25) is 5.32 Å². The summed E-state index contributed by atoms with van der Waals surface area (Å²) in [7, 11) is 0. The number of anilines is 2. The lowest BCUT2D eigenvalue weighted by Crippen LogP contribution is -2.63. The van der Waals surface area contributed by atoms with Crippen LogP contribution in [0, 0.1) is 0 Å². The van der Waals surface area contributed by atoms with E-state index >= 15 is 0 Å². The molecule has 1 fully saturated rings. The molecule has 3 aromatic carbocycles. The van der Waals surface area contributed by atoms with Crippen molar-refractivity contribution in [3.63, 3.8) is 0 Å². The lowest BCUT2D eigenvalue weighted by Gasteiger charge is -2.49. The zero-order valence-electron chi connectivity index (χ0n) is 31.8. The third-order valence-corrected chi connectivity index (χ3v) is 9.29. The molecule has 1 heterocycles. The van der Waals surface area contributed by atoms with Crippen LogP contribution in [-0.4, -0.2) is 40.7 Å². The highest BCUT2D eigenvalue weighted by Crippen LogP contribution is 2.36. The molecule has 0 unspecified atom stereocenters. The minimum Gasteiger partial charge on any atom is -0.410 e. The standard InChI is InChI=1S/C42H60N4O3/c1-12-13-24-46(34-27-41(8,9)45-42(10,11)28-34)37(47)43-32-19-14-29(15-20-32)25-30-16-21-33(22-17-30)44-38(48)49-36-23-18-31(39(2,3)4)26-35(36)40(5,6)7/h14-23,26,34,45H,12-13,24-25,27-28H2,1-11H3,(H,43,47)(H,44,48). The molecule has 0 spiro atoms. The first-order valence-electron chi connectivity index (χ1n) is 17.9. The third kappa shape index (κ3) is 10.8. The second-order valence-corrected chi connectivity index (χ2v) is 17.2. The monoisotopic (exact) mass is 668 g/mol. The van der Waals surface area contributed by atoms with Crippen LogP contribution in [0.25, 0.3) is 0 Å². The largest absolute Gasteiger partial charge is 0.417 e. The average Bonchev–Trinajstić information content (AvgIpc) is 2.97. The quantitative estimate of drug-likeness (QED) is 0.212. The number of ether oxygens (including phenoxy) is 1. The van der Waals surface area contributed by atoms with Gasteiger partial charge in [0.15, 0.2) is 0 Å². The maximum atomic E-state index is 13.6. The minimum atomic E-state index is -0.514. The van der Waals surface area contributed by atoms with Gasteiger partial charge in [0.1, 0.15) is 5.75 Å². The van der Waals surface area contributed by atoms with Crippen molar-refractivity contribution in [3.05, 3.63) is 89.0 Å². The Bertz CT molecular complexity index is 1560. The zero-order chi connectivity index (χ0) is 36.2. The molecule has 0 atom stereocenters. The molecule has 3 N–H and O–H groups in total. The molecular formula is C42H60N4O3. The first-order chi connectivity index (χ1) is 22.7. The highest BCUT2D eigenvalue weighted by atomic mass is 16.6. The molecule has 0 saturated carbocycles. The zero-order valence-corrected chi connectivity index (χ0v) is 31.8. The lowest BCUT2D eigenvalue weighted by molar-refractivity contribution is 0.0863. The molecule has 0 aliphatic carbocycles. The first kappa shape index (κ1) is 38.0. The van der Waals surface area contributed by atoms with Crippen LogP contribution in [0.5, 0.6) is 5.75 Å². The number of urea groups is 1. The Balaban J connectivity index is 1.35. The number of nitrogens with one attached hydrogen (secondary N) is 3. The van der Waals surface area contributed by atoms with E-state index in [0.717, 1.165) is 61.0 Å². The minimum absolute atomic E-state index is 0.00152. The van der Waals surface area contributed by atoms with Gasteiger partial charge in [0, 0.05) is 40.6 Å². The maximum absolute atomic E-state index is 13.6. The van der Waals surface area contributed by atoms with Crippen LogP contribution in [0.3, 0.4) is 0 Å². The van der Waals surface area contributed by atoms with Crippen molar-refractivity contribution >= 4 is 23.5 Å². The van der Waals surface area contributed by atoms with Crippen molar-refractivity contribution in [3.8, 4) is 5.75 Å². The van der Waals surface area contributed by atoms with Crippen molar-refractivity contribution in [1.82, 2.24) is 10.2 Å². The molecule has 1 aliphatic heterocycles. The van der Waals surface area contributed by atoms with Gasteiger partial charge < -0.3 is 20.3 Å². The molecule has 7 heteroatoms. The van der Waals surface area contributed by atoms with Gasteiger partial charge in [-0.1, -0.05) is 91.3 Å². The molecule has 1 saturated heterocycles. The average molecular weight is 669 g/mol. The van der Waals surface area contributed by atoms with E-state index in [0.29, 0.717) is 11.4 Å². The van der Waals surface area contributed by atoms with Gasteiger partial charge in [0.05, 0.1) is 0 Å². The summed E-state index contributed by atoms with van der Waals surface area (Å²) in [6.45, 7) is 24.7. The van der Waals surface area contributed by atoms with Crippen LogP contribution in [0.2, 0.25) is 0 Å². The number of nitrogens with zero attached hydrogens (tertiary/aromatic N) is 1. The second-order valence-electron chi connectivity index (χ2n) is 17.2. The molecule has 4 rings (SSSR count). The smallest absolute Gasteiger partial charge is 0.410 e. The Hall–Kier alpha value is -3.84. The van der Waals surface area contributed by atoms with Crippen LogP contribution in [0.4, 0.5) is 21.0 Å². The number of hydrogen-bond acceptors (Lipinski definition) is 4. The van der Waals surface area contributed by atoms with Gasteiger partial charge in [-0.25, -0.2) is 9.59 Å². The molecule has 0 radical (unpaired) electrons. The summed E-state index contributed by atoms with van der Waals surface area (Å²) >= 11 is 0. The van der Waals surface area contributed by atoms with Crippen LogP contribution in [-0.2, 0) is 17.3 Å². The van der Waals surface area contributed by atoms with Crippen molar-refractivity contribution < 1.29 is 14.3 Å². The van der Waals surface area contributed by atoms with E-state index in [1.165, 1.54) is 5.56 Å². The fourth-order valence-corrected chi connectivity index (χ4v) is 7.02. The van der Waals surface area contributed by atoms with Gasteiger partial charge in [-0.15, -0.1) is 0 Å². The number of benzene rings is 3. The van der Waals surface area contributed by atoms with E-state index in [2.05, 4.69) is 115 Å². The number of carbonyl (C=O) groups excluding carboxylic acids is 2. The van der Waals surface area contributed by atoms with E-state index < -0.39 is 6.09 Å². The van der Waals surface area contributed by atoms with Crippen LogP contribution in [0.1, 0.15) is 124 Å². The van der Waals surface area contributed by atoms with Crippen LogP contribution < -0.4 is 20.7 Å². The number of amides is 3. The Kier molecular flexibility index (Phi) is 11.6. The molecule has 49 heavy (non-hydrogen) atoms. The number of piperidine rings is 1. The van der Waals surface area contributed by atoms with Gasteiger partial charge >= 0.3 is 12.1 Å². The summed E-state index contributed by atoms with van der Waals surface area (Å²) in [5.41, 5.74) is 5.66. The molecular weight excluding hydrogens is 608 g/mol. The molecule has 1 aliphatic rings. The number of hydrogen-bond donors (Lipinski definition) is 3. The fraction of sp³-hybridized carbons (Fsp3) is 0.524. The van der Waals surface area contributed by atoms with Crippen molar-refractivity contribution in [2.24, 2.45) is 0 Å². The van der Waals surface area contributed by atoms with Crippen LogP contribution in [0.15, 0.2) is 66.7 Å². The van der Waals surface area contributed by atoms with Crippen molar-refractivity contribution in [1.29, 1.82) is 0 Å². The van der Waals surface area contributed by atoms with Crippen molar-refractivity contribution in [2.75, 3.05) is 17.2 Å². The predicted molar refractivity (Wildman–Crippen MR) is 204 cm³/mol. The topological polar surface area (TPSA) is 82.7 Å². The van der Waals surface area contributed by atoms with E-state index in [1.54, 1.807) is 0 Å². The van der Waals surface area contributed by atoms with Gasteiger partial charge in [0.25, 0.3) is 0 Å². The number of rotatable bonds is 9. The van der Waals surface area contributed by atoms with Gasteiger partial charge in [-0.2, -0.15) is 0 Å². The summed E-state index contributed by atoms with van der Waals surface area (Å²) in [6.07, 6.45) is 4.09. The molecule has 3 aromatic rings. The molecule has 3 amide bonds. The van der Waals surface area contributed by atoms with E-state index in [1.807, 2.05) is 48.5 Å². The summed E-state index contributed by atoms with van der Waals surface area (Å²) in [5, 5.41) is 9.78. The first-order valence-corrected chi connectivity index (χ1v) is 17.9. The number of unbranched alkanes of at least 4 members (excludes halogenated alkanes) is 1. The van der Waals surface area contributed by atoms with Crippen molar-refractivity contribution in [2.45, 2.75) is 136 Å². The predicted octanol–water partition coefficient (Wildman–Crippen LogP) is 10.4. The SMILES string of the molecule is CCCCN(C(=O)Nc1ccc(Cc2ccc(NC(=O)Oc3ccc(C(C)(C)C)cc3C(C)(C)C)cc2)cc1)C1CC(C)(C)NC(C)(C)C1. The second kappa shape index (κ2) is 15.0. The normalized spacial score (nSPS) is 16.1. The number of carbonyl (C=O) groups is 2. The molecule has 0 aromatic heterocycles. The maximum Gasteiger partial charge on any atom is 0.417 e. The highest BCUT2D eigenvalue weighted by Gasteiger charge is 2.41. The molecule has 0 bridgehead atoms. The summed E-state index contributed by atoms with van der Waals surface area (Å²) in [4.78, 5) is 28.5. The Morgan fingerprint density at radius 2 is 1.33 bits per heavy atom. The summed E-state index contributed by atoms with van der Waals surface area (Å²) in [6, 6.07) is 22.1. The van der Waals surface area contributed by atoms with Crippen LogP contribution >= 0.6 is 0 Å². The molecule has 266 valence electrons. The fourth-order valence-electron chi connectivity index (χ4n) is 7.02. The van der Waals surface area contributed by atoms with E-state index in [-0.39, 0.29) is 34.0 Å². The van der Waals surface area contributed by atoms with E-state index in [9.17, 15) is 9.59 Å². The Morgan fingerprint density at radius 1 is 0.796 bits per heavy atom. The summed E-state index contributed by atoms with van der Waals surface area (Å²) in [5.74, 6) is 0.571. The summed E-state index contributed by atoms with van der Waals surface area (Å²) < 4.78 is 5.81. The van der Waals surface area contributed by atoms with E-state index in [4.69, 9.17) is 4.74 Å². The lowest BCUT2D eigenvalue weighted by atomic mass is 9.79. The Morgan fingerprint density at radius 3 is 1.82 bits per heavy atom. The molecule has 7 nitrogen and oxygen atoms in total. The van der Waals surface area contributed by atoms with Gasteiger partial charge in [0.2, 0.25) is 0 Å². The third-order valence-electron chi connectivity index (χ3n) is 9.29.